The smallest absolute Gasteiger partial charge is 0.119 e. The van der Waals surface area contributed by atoms with Crippen molar-refractivity contribution < 1.29 is 4.74 Å². The summed E-state index contributed by atoms with van der Waals surface area (Å²) in [6.45, 7) is 6.25. The fourth-order valence-corrected chi connectivity index (χ4v) is 4.38. The maximum atomic E-state index is 6.15. The number of ether oxygens (including phenoxy) is 1. The summed E-state index contributed by atoms with van der Waals surface area (Å²) in [5.74, 6) is 0.928. The second-order valence-corrected chi connectivity index (χ2v) is 8.24. The third-order valence-corrected chi connectivity index (χ3v) is 6.00. The van der Waals surface area contributed by atoms with E-state index < -0.39 is 0 Å². The van der Waals surface area contributed by atoms with Gasteiger partial charge in [0.05, 0.1) is 6.04 Å². The number of likely N-dealkylation sites (N-methyl/N-ethyl adjacent to an activating group) is 1. The minimum absolute atomic E-state index is 0.161. The van der Waals surface area contributed by atoms with Gasteiger partial charge in [0, 0.05) is 17.9 Å². The second kappa shape index (κ2) is 9.36. The van der Waals surface area contributed by atoms with Crippen LogP contribution in [-0.2, 0) is 6.42 Å². The Hall–Kier alpha value is -2.78. The molecule has 3 nitrogen and oxygen atoms in total. The fraction of sp³-hybridized carbons (Fsp3) is 0.333. The summed E-state index contributed by atoms with van der Waals surface area (Å²) in [6.07, 6.45) is 2.38. The molecule has 0 radical (unpaired) electrons. The molecule has 0 aliphatic carbocycles. The summed E-state index contributed by atoms with van der Waals surface area (Å²) < 4.78 is 6.15. The minimum atomic E-state index is 0.161. The zero-order valence-corrected chi connectivity index (χ0v) is 18.3. The normalized spacial score (nSPS) is 16.9. The zero-order valence-electron chi connectivity index (χ0n) is 18.3. The van der Waals surface area contributed by atoms with Crippen LogP contribution in [-0.4, -0.2) is 31.1 Å². The number of fused-ring (bicyclic) bond motifs is 1. The van der Waals surface area contributed by atoms with E-state index in [0.717, 1.165) is 31.7 Å². The lowest BCUT2D eigenvalue weighted by Gasteiger charge is -2.39. The molecule has 0 fully saturated rings. The van der Waals surface area contributed by atoms with Gasteiger partial charge in [0.2, 0.25) is 0 Å². The highest BCUT2D eigenvalue weighted by Crippen LogP contribution is 2.43. The molecule has 0 saturated carbocycles. The van der Waals surface area contributed by atoms with Crippen LogP contribution in [0.4, 0.5) is 11.4 Å². The molecule has 0 aromatic heterocycles. The Morgan fingerprint density at radius 2 is 1.67 bits per heavy atom. The average molecular weight is 401 g/mol. The molecule has 2 unspecified atom stereocenters. The van der Waals surface area contributed by atoms with Gasteiger partial charge < -0.3 is 14.5 Å². The molecule has 3 aromatic rings. The molecule has 1 heterocycles. The van der Waals surface area contributed by atoms with Gasteiger partial charge in [0.25, 0.3) is 0 Å². The van der Waals surface area contributed by atoms with E-state index >= 15 is 0 Å². The maximum Gasteiger partial charge on any atom is 0.119 e. The molecular formula is C27H32N2O. The fourth-order valence-electron chi connectivity index (χ4n) is 4.38. The number of hydrogen-bond acceptors (Lipinski definition) is 3. The predicted molar refractivity (Wildman–Crippen MR) is 126 cm³/mol. The zero-order chi connectivity index (χ0) is 20.9. The molecule has 156 valence electrons. The maximum absolute atomic E-state index is 6.15. The largest absolute Gasteiger partial charge is 0.489 e. The molecule has 0 amide bonds. The number of para-hydroxylation sites is 1. The average Bonchev–Trinajstić information content (AvgIpc) is 2.79. The van der Waals surface area contributed by atoms with E-state index in [-0.39, 0.29) is 6.10 Å². The minimum Gasteiger partial charge on any atom is -0.489 e. The Morgan fingerprint density at radius 1 is 0.967 bits per heavy atom. The molecule has 30 heavy (non-hydrogen) atoms. The molecule has 4 rings (SSSR count). The van der Waals surface area contributed by atoms with Crippen LogP contribution >= 0.6 is 0 Å². The number of aryl methyl sites for hydroxylation is 1. The van der Waals surface area contributed by atoms with Crippen LogP contribution in [0.5, 0.6) is 5.75 Å². The summed E-state index contributed by atoms with van der Waals surface area (Å²) in [6, 6.07) is 28.6. The lowest BCUT2D eigenvalue weighted by molar-refractivity contribution is 0.166. The summed E-state index contributed by atoms with van der Waals surface area (Å²) in [5.41, 5.74) is 5.30. The first kappa shape index (κ1) is 20.5. The van der Waals surface area contributed by atoms with Crippen LogP contribution < -0.4 is 9.64 Å². The number of hydrogen-bond donors (Lipinski definition) is 0. The Bertz CT molecular complexity index is 939. The number of benzene rings is 3. The van der Waals surface area contributed by atoms with Crippen LogP contribution in [0.25, 0.3) is 0 Å². The molecule has 3 heteroatoms. The Balaban J connectivity index is 1.61. The molecule has 1 aliphatic heterocycles. The third kappa shape index (κ3) is 4.52. The molecular weight excluding hydrogens is 368 g/mol. The van der Waals surface area contributed by atoms with Crippen LogP contribution in [0.15, 0.2) is 78.9 Å². The van der Waals surface area contributed by atoms with Gasteiger partial charge in [-0.3, -0.25) is 0 Å². The summed E-state index contributed by atoms with van der Waals surface area (Å²) in [5, 5.41) is 0. The quantitative estimate of drug-likeness (QED) is 0.467. The van der Waals surface area contributed by atoms with Crippen molar-refractivity contribution in [3.8, 4) is 5.75 Å². The van der Waals surface area contributed by atoms with Crippen molar-refractivity contribution in [1.29, 1.82) is 0 Å². The highest BCUT2D eigenvalue weighted by Gasteiger charge is 2.28. The number of rotatable bonds is 7. The van der Waals surface area contributed by atoms with Gasteiger partial charge in [-0.2, -0.15) is 0 Å². The van der Waals surface area contributed by atoms with Crippen molar-refractivity contribution in [3.05, 3.63) is 90.0 Å². The van der Waals surface area contributed by atoms with Gasteiger partial charge in [0.15, 0.2) is 0 Å². The van der Waals surface area contributed by atoms with Crippen molar-refractivity contribution in [1.82, 2.24) is 4.90 Å². The topological polar surface area (TPSA) is 15.7 Å². The van der Waals surface area contributed by atoms with Crippen molar-refractivity contribution in [2.24, 2.45) is 0 Å². The Morgan fingerprint density at radius 3 is 2.40 bits per heavy atom. The molecule has 1 aliphatic rings. The third-order valence-electron chi connectivity index (χ3n) is 6.00. The Labute approximate surface area is 180 Å². The SMILES string of the molecule is CCN(C)CC(C)Oc1ccc(N2c3ccccc3CCC2c2ccccc2)cc1. The first-order valence-electron chi connectivity index (χ1n) is 11.0. The van der Waals surface area contributed by atoms with E-state index in [2.05, 4.69) is 110 Å². The highest BCUT2D eigenvalue weighted by molar-refractivity contribution is 5.70. The lowest BCUT2D eigenvalue weighted by atomic mass is 9.90. The van der Waals surface area contributed by atoms with Crippen molar-refractivity contribution in [2.45, 2.75) is 38.8 Å². The molecule has 0 N–H and O–H groups in total. The monoisotopic (exact) mass is 400 g/mol. The van der Waals surface area contributed by atoms with Gasteiger partial charge in [-0.05, 0) is 74.8 Å². The van der Waals surface area contributed by atoms with E-state index in [9.17, 15) is 0 Å². The standard InChI is InChI=1S/C27H32N2O/c1-4-28(3)20-21(2)30-25-17-15-24(16-18-25)29-26-13-9-8-12-23(26)14-19-27(29)22-10-6-5-7-11-22/h5-13,15-18,21,27H,4,14,19-20H2,1-3H3. The van der Waals surface area contributed by atoms with Crippen LogP contribution in [0.3, 0.4) is 0 Å². The molecule has 0 bridgehead atoms. The molecule has 2 atom stereocenters. The first-order chi connectivity index (χ1) is 14.7. The first-order valence-corrected chi connectivity index (χ1v) is 11.0. The van der Waals surface area contributed by atoms with E-state index in [1.807, 2.05) is 0 Å². The number of nitrogens with zero attached hydrogens (tertiary/aromatic N) is 2. The molecule has 0 saturated heterocycles. The van der Waals surface area contributed by atoms with E-state index in [4.69, 9.17) is 4.74 Å². The van der Waals surface area contributed by atoms with Gasteiger partial charge in [-0.15, -0.1) is 0 Å². The summed E-state index contributed by atoms with van der Waals surface area (Å²) >= 11 is 0. The van der Waals surface area contributed by atoms with Crippen molar-refractivity contribution in [3.63, 3.8) is 0 Å². The van der Waals surface area contributed by atoms with E-state index in [1.54, 1.807) is 0 Å². The van der Waals surface area contributed by atoms with Crippen molar-refractivity contribution >= 4 is 11.4 Å². The van der Waals surface area contributed by atoms with Crippen LogP contribution in [0.1, 0.15) is 37.4 Å². The van der Waals surface area contributed by atoms with E-state index in [0.29, 0.717) is 6.04 Å². The summed E-state index contributed by atoms with van der Waals surface area (Å²) in [7, 11) is 2.13. The number of anilines is 2. The highest BCUT2D eigenvalue weighted by atomic mass is 16.5. The van der Waals surface area contributed by atoms with Gasteiger partial charge in [0.1, 0.15) is 11.9 Å². The van der Waals surface area contributed by atoms with E-state index in [1.165, 1.54) is 22.5 Å². The van der Waals surface area contributed by atoms with Gasteiger partial charge >= 0.3 is 0 Å². The van der Waals surface area contributed by atoms with Crippen LogP contribution in [0, 0.1) is 0 Å². The molecule has 0 spiro atoms. The second-order valence-electron chi connectivity index (χ2n) is 8.24. The molecule has 3 aromatic carbocycles. The van der Waals surface area contributed by atoms with Gasteiger partial charge in [-0.25, -0.2) is 0 Å². The predicted octanol–water partition coefficient (Wildman–Crippen LogP) is 6.23. The van der Waals surface area contributed by atoms with Gasteiger partial charge in [-0.1, -0.05) is 55.5 Å². The van der Waals surface area contributed by atoms with Crippen LogP contribution in [0.2, 0.25) is 0 Å². The summed E-state index contributed by atoms with van der Waals surface area (Å²) in [4.78, 5) is 4.76. The Kier molecular flexibility index (Phi) is 6.39. The van der Waals surface area contributed by atoms with Crippen molar-refractivity contribution in [2.75, 3.05) is 25.0 Å². The lowest BCUT2D eigenvalue weighted by Crippen LogP contribution is -2.30.